The van der Waals surface area contributed by atoms with Crippen molar-refractivity contribution in [3.8, 4) is 0 Å². The van der Waals surface area contributed by atoms with Crippen molar-refractivity contribution >= 4 is 22.0 Å². The van der Waals surface area contributed by atoms with E-state index in [1.165, 1.54) is 16.9 Å². The quantitative estimate of drug-likeness (QED) is 0.682. The maximum Gasteiger partial charge on any atom is 0.180 e. The first-order valence-corrected chi connectivity index (χ1v) is 4.85. The van der Waals surface area contributed by atoms with Crippen LogP contribution in [0.15, 0.2) is 11.5 Å². The Morgan fingerprint density at radius 2 is 2.50 bits per heavy atom. The van der Waals surface area contributed by atoms with Gasteiger partial charge in [0.15, 0.2) is 5.13 Å². The lowest BCUT2D eigenvalue weighted by Crippen LogP contribution is -2.21. The van der Waals surface area contributed by atoms with Gasteiger partial charge in [-0.2, -0.15) is 0 Å². The molecular weight excluding hydrogens is 170 g/mol. The van der Waals surface area contributed by atoms with Crippen molar-refractivity contribution in [2.45, 2.75) is 6.42 Å². The fourth-order valence-electron chi connectivity index (χ4n) is 1.27. The van der Waals surface area contributed by atoms with Gasteiger partial charge in [0.1, 0.15) is 0 Å². The normalized spacial score (nSPS) is 17.5. The highest BCUT2D eigenvalue weighted by Crippen LogP contribution is 2.20. The second kappa shape index (κ2) is 3.25. The van der Waals surface area contributed by atoms with Gasteiger partial charge in [0.05, 0.1) is 5.69 Å². The maximum absolute atomic E-state index is 5.55. The molecule has 0 spiro atoms. The van der Waals surface area contributed by atoms with E-state index < -0.39 is 0 Å². The number of anilines is 1. The summed E-state index contributed by atoms with van der Waals surface area (Å²) in [5.41, 5.74) is 7.85. The third-order valence-electron chi connectivity index (χ3n) is 1.88. The van der Waals surface area contributed by atoms with Crippen molar-refractivity contribution in [1.82, 2.24) is 10.3 Å². The molecule has 2 heterocycles. The molecule has 0 unspecified atom stereocenters. The van der Waals surface area contributed by atoms with Crippen LogP contribution in [-0.4, -0.2) is 18.1 Å². The van der Waals surface area contributed by atoms with E-state index in [1.807, 2.05) is 5.38 Å². The van der Waals surface area contributed by atoms with Gasteiger partial charge in [-0.25, -0.2) is 4.98 Å². The van der Waals surface area contributed by atoms with Gasteiger partial charge in [0.25, 0.3) is 0 Å². The van der Waals surface area contributed by atoms with Crippen molar-refractivity contribution in [2.24, 2.45) is 0 Å². The van der Waals surface area contributed by atoms with Gasteiger partial charge in [-0.15, -0.1) is 11.3 Å². The topological polar surface area (TPSA) is 50.9 Å². The minimum atomic E-state index is 0.650. The Labute approximate surface area is 75.3 Å². The van der Waals surface area contributed by atoms with Crippen molar-refractivity contribution < 1.29 is 0 Å². The van der Waals surface area contributed by atoms with E-state index in [9.17, 15) is 0 Å². The average molecular weight is 181 g/mol. The van der Waals surface area contributed by atoms with Crippen LogP contribution < -0.4 is 11.1 Å². The van der Waals surface area contributed by atoms with Crippen molar-refractivity contribution in [1.29, 1.82) is 0 Å². The van der Waals surface area contributed by atoms with E-state index in [1.54, 1.807) is 0 Å². The summed E-state index contributed by atoms with van der Waals surface area (Å²) in [5.74, 6) is 0. The Morgan fingerprint density at radius 3 is 3.08 bits per heavy atom. The van der Waals surface area contributed by atoms with Gasteiger partial charge >= 0.3 is 0 Å². The zero-order valence-electron chi connectivity index (χ0n) is 6.71. The standard InChI is InChI=1S/C8H11N3S/c9-8-11-7(5-12-8)6-2-1-3-10-4-6/h2,5,10H,1,3-4H2,(H2,9,11). The number of rotatable bonds is 1. The van der Waals surface area contributed by atoms with Gasteiger partial charge in [0.2, 0.25) is 0 Å². The lowest BCUT2D eigenvalue weighted by atomic mass is 10.1. The maximum atomic E-state index is 5.55. The molecule has 1 aliphatic rings. The summed E-state index contributed by atoms with van der Waals surface area (Å²) in [6.45, 7) is 1.99. The van der Waals surface area contributed by atoms with Crippen LogP contribution in [0.5, 0.6) is 0 Å². The molecule has 0 saturated heterocycles. The number of hydrogen-bond acceptors (Lipinski definition) is 4. The number of nitrogens with one attached hydrogen (secondary N) is 1. The molecule has 0 saturated carbocycles. The SMILES string of the molecule is Nc1nc(C2=CCCNC2)cs1. The summed E-state index contributed by atoms with van der Waals surface area (Å²) in [6.07, 6.45) is 3.32. The molecule has 0 fully saturated rings. The van der Waals surface area contributed by atoms with Gasteiger partial charge < -0.3 is 11.1 Å². The Kier molecular flexibility index (Phi) is 2.10. The van der Waals surface area contributed by atoms with Gasteiger partial charge in [-0.05, 0) is 18.5 Å². The van der Waals surface area contributed by atoms with Crippen LogP contribution in [0, 0.1) is 0 Å². The van der Waals surface area contributed by atoms with E-state index in [4.69, 9.17) is 5.73 Å². The Balaban J connectivity index is 2.23. The molecule has 64 valence electrons. The third-order valence-corrected chi connectivity index (χ3v) is 2.55. The highest BCUT2D eigenvalue weighted by atomic mass is 32.1. The summed E-state index contributed by atoms with van der Waals surface area (Å²) in [4.78, 5) is 4.22. The Hall–Kier alpha value is -0.870. The molecule has 1 aromatic rings. The number of thiazole rings is 1. The second-order valence-electron chi connectivity index (χ2n) is 2.77. The summed E-state index contributed by atoms with van der Waals surface area (Å²) < 4.78 is 0. The number of hydrogen-bond donors (Lipinski definition) is 2. The predicted molar refractivity (Wildman–Crippen MR) is 52.0 cm³/mol. The zero-order valence-corrected chi connectivity index (χ0v) is 7.53. The Bertz CT molecular complexity index is 303. The van der Waals surface area contributed by atoms with Crippen LogP contribution in [0.2, 0.25) is 0 Å². The first-order chi connectivity index (χ1) is 5.86. The van der Waals surface area contributed by atoms with Crippen LogP contribution >= 0.6 is 11.3 Å². The van der Waals surface area contributed by atoms with Crippen molar-refractivity contribution in [3.63, 3.8) is 0 Å². The Morgan fingerprint density at radius 1 is 1.58 bits per heavy atom. The minimum Gasteiger partial charge on any atom is -0.375 e. The molecule has 0 radical (unpaired) electrons. The van der Waals surface area contributed by atoms with Gasteiger partial charge in [-0.3, -0.25) is 0 Å². The average Bonchev–Trinajstić information content (AvgIpc) is 2.54. The molecule has 12 heavy (non-hydrogen) atoms. The van der Waals surface area contributed by atoms with Crippen LogP contribution in [-0.2, 0) is 0 Å². The number of aromatic nitrogens is 1. The summed E-state index contributed by atoms with van der Waals surface area (Å²) in [6, 6.07) is 0. The highest BCUT2D eigenvalue weighted by molar-refractivity contribution is 7.13. The first-order valence-electron chi connectivity index (χ1n) is 3.97. The molecule has 0 aromatic carbocycles. The fraction of sp³-hybridized carbons (Fsp3) is 0.375. The molecule has 0 amide bonds. The van der Waals surface area contributed by atoms with E-state index in [0.29, 0.717) is 5.13 Å². The number of nitrogen functional groups attached to an aromatic ring is 1. The van der Waals surface area contributed by atoms with E-state index in [0.717, 1.165) is 25.2 Å². The van der Waals surface area contributed by atoms with Crippen LogP contribution in [0.3, 0.4) is 0 Å². The lowest BCUT2D eigenvalue weighted by molar-refractivity contribution is 0.738. The third kappa shape index (κ3) is 1.49. The largest absolute Gasteiger partial charge is 0.375 e. The number of nitrogens with two attached hydrogens (primary N) is 1. The smallest absolute Gasteiger partial charge is 0.180 e. The van der Waals surface area contributed by atoms with Crippen molar-refractivity contribution in [3.05, 3.63) is 17.2 Å². The first kappa shape index (κ1) is 7.76. The van der Waals surface area contributed by atoms with Gasteiger partial charge in [0, 0.05) is 11.9 Å². The molecule has 4 heteroatoms. The zero-order chi connectivity index (χ0) is 8.39. The van der Waals surface area contributed by atoms with E-state index in [-0.39, 0.29) is 0 Å². The van der Waals surface area contributed by atoms with E-state index >= 15 is 0 Å². The molecular formula is C8H11N3S. The molecule has 2 rings (SSSR count). The molecule has 1 aliphatic heterocycles. The molecule has 0 atom stereocenters. The highest BCUT2D eigenvalue weighted by Gasteiger charge is 2.07. The van der Waals surface area contributed by atoms with Crippen LogP contribution in [0.1, 0.15) is 12.1 Å². The fourth-order valence-corrected chi connectivity index (χ4v) is 1.86. The predicted octanol–water partition coefficient (Wildman–Crippen LogP) is 1.10. The molecule has 0 aliphatic carbocycles. The molecule has 3 nitrogen and oxygen atoms in total. The summed E-state index contributed by atoms with van der Waals surface area (Å²) in [7, 11) is 0. The molecule has 0 bridgehead atoms. The molecule has 1 aromatic heterocycles. The summed E-state index contributed by atoms with van der Waals surface area (Å²) >= 11 is 1.50. The molecule has 3 N–H and O–H groups in total. The monoisotopic (exact) mass is 181 g/mol. The second-order valence-corrected chi connectivity index (χ2v) is 3.66. The van der Waals surface area contributed by atoms with Crippen LogP contribution in [0.25, 0.3) is 5.57 Å². The van der Waals surface area contributed by atoms with Crippen LogP contribution in [0.4, 0.5) is 5.13 Å². The van der Waals surface area contributed by atoms with Gasteiger partial charge in [-0.1, -0.05) is 6.08 Å². The summed E-state index contributed by atoms with van der Waals surface area (Å²) in [5, 5.41) is 5.96. The lowest BCUT2D eigenvalue weighted by Gasteiger charge is -2.11. The minimum absolute atomic E-state index is 0.650. The van der Waals surface area contributed by atoms with E-state index in [2.05, 4.69) is 16.4 Å². The number of nitrogens with zero attached hydrogens (tertiary/aromatic N) is 1. The van der Waals surface area contributed by atoms with Crippen molar-refractivity contribution in [2.75, 3.05) is 18.8 Å².